The topological polar surface area (TPSA) is 62.6 Å². The SMILES string of the molecule is CC(=O)c1oc2ccccc2c1NC(=O)[C@@H](C)N1CCC[C@@H]1c1ccsc1. The highest BCUT2D eigenvalue weighted by atomic mass is 32.1. The van der Waals surface area contributed by atoms with Crippen LogP contribution in [0.25, 0.3) is 11.0 Å². The van der Waals surface area contributed by atoms with E-state index < -0.39 is 0 Å². The molecule has 1 fully saturated rings. The van der Waals surface area contributed by atoms with E-state index in [9.17, 15) is 9.59 Å². The molecule has 2 aromatic heterocycles. The van der Waals surface area contributed by atoms with Crippen LogP contribution in [-0.4, -0.2) is 29.2 Å². The van der Waals surface area contributed by atoms with Gasteiger partial charge in [0, 0.05) is 18.4 Å². The molecule has 0 bridgehead atoms. The van der Waals surface area contributed by atoms with E-state index >= 15 is 0 Å². The van der Waals surface area contributed by atoms with Crippen LogP contribution in [-0.2, 0) is 4.79 Å². The van der Waals surface area contributed by atoms with E-state index in [-0.39, 0.29) is 29.5 Å². The molecular weight excluding hydrogens is 360 g/mol. The minimum atomic E-state index is -0.300. The number of Topliss-reactive ketones (excluding diaryl/α,β-unsaturated/α-hetero) is 1. The van der Waals surface area contributed by atoms with E-state index in [1.165, 1.54) is 12.5 Å². The Morgan fingerprint density at radius 3 is 2.85 bits per heavy atom. The molecule has 3 aromatic rings. The zero-order valence-electron chi connectivity index (χ0n) is 15.4. The van der Waals surface area contributed by atoms with Gasteiger partial charge in [0.05, 0.1) is 11.7 Å². The second-order valence-electron chi connectivity index (χ2n) is 6.98. The molecule has 140 valence electrons. The first-order valence-electron chi connectivity index (χ1n) is 9.17. The molecule has 1 saturated heterocycles. The molecule has 1 aliphatic rings. The van der Waals surface area contributed by atoms with Crippen molar-refractivity contribution in [3.8, 4) is 0 Å². The average Bonchev–Trinajstić information content (AvgIpc) is 3.40. The molecule has 6 heteroatoms. The number of benzene rings is 1. The molecule has 0 aliphatic carbocycles. The van der Waals surface area contributed by atoms with Crippen molar-refractivity contribution in [3.63, 3.8) is 0 Å². The highest BCUT2D eigenvalue weighted by Crippen LogP contribution is 2.36. The number of likely N-dealkylation sites (tertiary alicyclic amines) is 1. The van der Waals surface area contributed by atoms with Crippen LogP contribution in [0.5, 0.6) is 0 Å². The van der Waals surface area contributed by atoms with E-state index in [1.54, 1.807) is 17.4 Å². The van der Waals surface area contributed by atoms with Crippen LogP contribution >= 0.6 is 11.3 Å². The number of ketones is 1. The number of carbonyl (C=O) groups is 2. The second kappa shape index (κ2) is 7.29. The van der Waals surface area contributed by atoms with E-state index in [1.807, 2.05) is 25.1 Å². The molecule has 3 heterocycles. The molecule has 0 radical (unpaired) electrons. The van der Waals surface area contributed by atoms with Gasteiger partial charge in [-0.2, -0.15) is 11.3 Å². The fraction of sp³-hybridized carbons (Fsp3) is 0.333. The van der Waals surface area contributed by atoms with Gasteiger partial charge in [-0.1, -0.05) is 12.1 Å². The van der Waals surface area contributed by atoms with Crippen molar-refractivity contribution < 1.29 is 14.0 Å². The van der Waals surface area contributed by atoms with Gasteiger partial charge >= 0.3 is 0 Å². The number of anilines is 1. The Labute approximate surface area is 162 Å². The van der Waals surface area contributed by atoms with Crippen molar-refractivity contribution in [1.82, 2.24) is 4.90 Å². The van der Waals surface area contributed by atoms with Crippen molar-refractivity contribution >= 4 is 39.7 Å². The first kappa shape index (κ1) is 17.9. The Bertz CT molecular complexity index is 977. The van der Waals surface area contributed by atoms with Crippen molar-refractivity contribution in [2.24, 2.45) is 0 Å². The standard InChI is InChI=1S/C21H22N2O3S/c1-13(23-10-5-7-17(23)15-9-11-27-12-15)21(25)22-19-16-6-3-4-8-18(16)26-20(19)14(2)24/h3-4,6,8-9,11-13,17H,5,7,10H2,1-2H3,(H,22,25)/t13-,17-/m1/s1. The summed E-state index contributed by atoms with van der Waals surface area (Å²) in [7, 11) is 0. The second-order valence-corrected chi connectivity index (χ2v) is 7.76. The van der Waals surface area contributed by atoms with E-state index in [2.05, 4.69) is 27.0 Å². The number of hydrogen-bond donors (Lipinski definition) is 1. The quantitative estimate of drug-likeness (QED) is 0.640. The number of para-hydroxylation sites is 1. The molecule has 1 aliphatic heterocycles. The highest BCUT2D eigenvalue weighted by molar-refractivity contribution is 7.08. The number of furan rings is 1. The molecular formula is C21H22N2O3S. The average molecular weight is 382 g/mol. The number of nitrogens with zero attached hydrogens (tertiary/aromatic N) is 1. The zero-order chi connectivity index (χ0) is 19.0. The van der Waals surface area contributed by atoms with E-state index in [4.69, 9.17) is 4.42 Å². The summed E-state index contributed by atoms with van der Waals surface area (Å²) in [6, 6.07) is 9.48. The molecule has 0 saturated carbocycles. The molecule has 4 rings (SSSR count). The smallest absolute Gasteiger partial charge is 0.241 e. The van der Waals surface area contributed by atoms with Gasteiger partial charge in [0.1, 0.15) is 5.58 Å². The summed E-state index contributed by atoms with van der Waals surface area (Å²) in [5, 5.41) is 7.95. The Balaban J connectivity index is 1.60. The van der Waals surface area contributed by atoms with Gasteiger partial charge in [-0.15, -0.1) is 0 Å². The normalized spacial score (nSPS) is 18.7. The predicted octanol–water partition coefficient (Wildman–Crippen LogP) is 4.86. The Morgan fingerprint density at radius 1 is 1.30 bits per heavy atom. The zero-order valence-corrected chi connectivity index (χ0v) is 16.2. The maximum absolute atomic E-state index is 13.0. The number of nitrogens with one attached hydrogen (secondary N) is 1. The highest BCUT2D eigenvalue weighted by Gasteiger charge is 2.34. The lowest BCUT2D eigenvalue weighted by Gasteiger charge is -2.29. The van der Waals surface area contributed by atoms with Gasteiger partial charge in [-0.05, 0) is 60.8 Å². The third-order valence-electron chi connectivity index (χ3n) is 5.26. The van der Waals surface area contributed by atoms with Crippen LogP contribution in [0.3, 0.4) is 0 Å². The van der Waals surface area contributed by atoms with Gasteiger partial charge < -0.3 is 9.73 Å². The summed E-state index contributed by atoms with van der Waals surface area (Å²) in [5.41, 5.74) is 2.35. The fourth-order valence-electron chi connectivity index (χ4n) is 3.87. The number of amides is 1. The van der Waals surface area contributed by atoms with Crippen molar-refractivity contribution in [2.75, 3.05) is 11.9 Å². The number of carbonyl (C=O) groups excluding carboxylic acids is 2. The third kappa shape index (κ3) is 3.31. The first-order chi connectivity index (χ1) is 13.1. The van der Waals surface area contributed by atoms with Crippen LogP contribution in [0.4, 0.5) is 5.69 Å². The lowest BCUT2D eigenvalue weighted by molar-refractivity contribution is -0.121. The maximum Gasteiger partial charge on any atom is 0.241 e. The Kier molecular flexibility index (Phi) is 4.85. The summed E-state index contributed by atoms with van der Waals surface area (Å²) in [6.07, 6.45) is 2.13. The molecule has 5 nitrogen and oxygen atoms in total. The summed E-state index contributed by atoms with van der Waals surface area (Å²) >= 11 is 1.68. The summed E-state index contributed by atoms with van der Waals surface area (Å²) in [4.78, 5) is 27.3. The molecule has 27 heavy (non-hydrogen) atoms. The Morgan fingerprint density at radius 2 is 2.11 bits per heavy atom. The van der Waals surface area contributed by atoms with Crippen LogP contribution in [0.2, 0.25) is 0 Å². The van der Waals surface area contributed by atoms with Crippen molar-refractivity contribution in [1.29, 1.82) is 0 Å². The lowest BCUT2D eigenvalue weighted by atomic mass is 10.1. The van der Waals surface area contributed by atoms with Crippen molar-refractivity contribution in [2.45, 2.75) is 38.8 Å². The fourth-order valence-corrected chi connectivity index (χ4v) is 4.58. The first-order valence-corrected chi connectivity index (χ1v) is 10.1. The van der Waals surface area contributed by atoms with Gasteiger partial charge in [0.15, 0.2) is 11.5 Å². The number of hydrogen-bond acceptors (Lipinski definition) is 5. The minimum Gasteiger partial charge on any atom is -0.451 e. The largest absolute Gasteiger partial charge is 0.451 e. The molecule has 2 atom stereocenters. The molecule has 1 aromatic carbocycles. The predicted molar refractivity (Wildman–Crippen MR) is 107 cm³/mol. The van der Waals surface area contributed by atoms with Crippen LogP contribution in [0.1, 0.15) is 48.8 Å². The Hall–Kier alpha value is -2.44. The third-order valence-corrected chi connectivity index (χ3v) is 5.96. The minimum absolute atomic E-state index is 0.119. The summed E-state index contributed by atoms with van der Waals surface area (Å²) in [5.74, 6) is -0.120. The van der Waals surface area contributed by atoms with Gasteiger partial charge in [-0.25, -0.2) is 0 Å². The summed E-state index contributed by atoms with van der Waals surface area (Å²) in [6.45, 7) is 4.26. The maximum atomic E-state index is 13.0. The van der Waals surface area contributed by atoms with Crippen LogP contribution < -0.4 is 5.32 Å². The molecule has 1 N–H and O–H groups in total. The van der Waals surface area contributed by atoms with Crippen LogP contribution in [0.15, 0.2) is 45.5 Å². The van der Waals surface area contributed by atoms with E-state index in [0.717, 1.165) is 24.8 Å². The van der Waals surface area contributed by atoms with Gasteiger partial charge in [-0.3, -0.25) is 14.5 Å². The van der Waals surface area contributed by atoms with Crippen LogP contribution in [0, 0.1) is 0 Å². The molecule has 1 amide bonds. The van der Waals surface area contributed by atoms with Crippen molar-refractivity contribution in [3.05, 3.63) is 52.4 Å². The molecule has 0 unspecified atom stereocenters. The summed E-state index contributed by atoms with van der Waals surface area (Å²) < 4.78 is 5.67. The number of rotatable bonds is 5. The monoisotopic (exact) mass is 382 g/mol. The lowest BCUT2D eigenvalue weighted by Crippen LogP contribution is -2.41. The van der Waals surface area contributed by atoms with Gasteiger partial charge in [0.2, 0.25) is 5.91 Å². The number of fused-ring (bicyclic) bond motifs is 1. The number of thiophene rings is 1. The molecule has 0 spiro atoms. The van der Waals surface area contributed by atoms with Gasteiger partial charge in [0.25, 0.3) is 0 Å². The van der Waals surface area contributed by atoms with E-state index in [0.29, 0.717) is 11.3 Å².